The zero-order valence-corrected chi connectivity index (χ0v) is 9.97. The van der Waals surface area contributed by atoms with E-state index in [-0.39, 0.29) is 11.8 Å². The van der Waals surface area contributed by atoms with Crippen LogP contribution in [0.1, 0.15) is 47.0 Å². The van der Waals surface area contributed by atoms with Crippen molar-refractivity contribution in [1.29, 1.82) is 0 Å². The van der Waals surface area contributed by atoms with Crippen molar-refractivity contribution in [3.63, 3.8) is 0 Å². The van der Waals surface area contributed by atoms with E-state index in [0.29, 0.717) is 0 Å². The Balaban J connectivity index is 2.59. The van der Waals surface area contributed by atoms with Crippen LogP contribution >= 0.6 is 0 Å². The average molecular weight is 197 g/mol. The number of allylic oxidation sites excluding steroid dienone is 1. The van der Waals surface area contributed by atoms with E-state index in [9.17, 15) is 0 Å². The fraction of sp³-hybridized carbons (Fsp3) is 0.833. The Labute approximate surface area is 87.9 Å². The van der Waals surface area contributed by atoms with Crippen molar-refractivity contribution in [3.8, 4) is 0 Å². The van der Waals surface area contributed by atoms with Crippen LogP contribution in [0.25, 0.3) is 0 Å². The van der Waals surface area contributed by atoms with Gasteiger partial charge in [-0.25, -0.2) is 0 Å². The van der Waals surface area contributed by atoms with Crippen LogP contribution in [-0.2, 0) is 4.74 Å². The van der Waals surface area contributed by atoms with E-state index in [1.165, 1.54) is 12.8 Å². The van der Waals surface area contributed by atoms with Gasteiger partial charge in [-0.1, -0.05) is 6.58 Å². The molecule has 2 heteroatoms. The van der Waals surface area contributed by atoms with Crippen LogP contribution in [0, 0.1) is 0 Å². The number of ether oxygens (including phenoxy) is 1. The van der Waals surface area contributed by atoms with Gasteiger partial charge in [-0.15, -0.1) is 0 Å². The van der Waals surface area contributed by atoms with Crippen molar-refractivity contribution in [2.24, 2.45) is 0 Å². The molecule has 0 aromatic carbocycles. The number of hydrogen-bond donors (Lipinski definition) is 0. The van der Waals surface area contributed by atoms with E-state index in [4.69, 9.17) is 4.74 Å². The van der Waals surface area contributed by atoms with Gasteiger partial charge in [0.15, 0.2) is 0 Å². The second kappa shape index (κ2) is 4.35. The topological polar surface area (TPSA) is 12.5 Å². The molecule has 0 saturated carbocycles. The highest BCUT2D eigenvalue weighted by atomic mass is 16.5. The first kappa shape index (κ1) is 11.6. The third-order valence-electron chi connectivity index (χ3n) is 2.43. The highest BCUT2D eigenvalue weighted by molar-refractivity contribution is 4.92. The fourth-order valence-electron chi connectivity index (χ4n) is 1.87. The van der Waals surface area contributed by atoms with Crippen LogP contribution in [0.2, 0.25) is 0 Å². The van der Waals surface area contributed by atoms with Crippen LogP contribution in [0.5, 0.6) is 0 Å². The van der Waals surface area contributed by atoms with Gasteiger partial charge in [0.25, 0.3) is 0 Å². The molecule has 1 heterocycles. The maximum absolute atomic E-state index is 6.02. The largest absolute Gasteiger partial charge is 0.353 e. The first-order chi connectivity index (χ1) is 6.40. The highest BCUT2D eigenvalue weighted by Crippen LogP contribution is 2.25. The summed E-state index contributed by atoms with van der Waals surface area (Å²) in [6.45, 7) is 13.5. The Morgan fingerprint density at radius 1 is 1.36 bits per heavy atom. The minimum absolute atomic E-state index is 0.0598. The van der Waals surface area contributed by atoms with E-state index in [0.717, 1.165) is 18.7 Å². The molecule has 0 amide bonds. The van der Waals surface area contributed by atoms with Crippen molar-refractivity contribution in [1.82, 2.24) is 4.90 Å². The summed E-state index contributed by atoms with van der Waals surface area (Å²) in [7, 11) is 0. The molecule has 2 nitrogen and oxygen atoms in total. The normalized spacial score (nSPS) is 23.7. The molecule has 0 aromatic heterocycles. The lowest BCUT2D eigenvalue weighted by atomic mass is 10.1. The van der Waals surface area contributed by atoms with Crippen molar-refractivity contribution < 1.29 is 4.74 Å². The first-order valence-corrected chi connectivity index (χ1v) is 5.50. The van der Waals surface area contributed by atoms with E-state index >= 15 is 0 Å². The first-order valence-electron chi connectivity index (χ1n) is 5.50. The van der Waals surface area contributed by atoms with Gasteiger partial charge in [-0.3, -0.25) is 0 Å². The Bertz CT molecular complexity index is 205. The van der Waals surface area contributed by atoms with Crippen LogP contribution in [0.4, 0.5) is 0 Å². The number of piperidine rings is 1. The lowest BCUT2D eigenvalue weighted by Gasteiger charge is -2.40. The van der Waals surface area contributed by atoms with Gasteiger partial charge in [0.1, 0.15) is 6.23 Å². The summed E-state index contributed by atoms with van der Waals surface area (Å²) in [5.41, 5.74) is 1.06. The molecule has 1 aliphatic rings. The van der Waals surface area contributed by atoms with Gasteiger partial charge < -0.3 is 9.64 Å². The molecule has 1 fully saturated rings. The van der Waals surface area contributed by atoms with Gasteiger partial charge in [-0.05, 0) is 47.0 Å². The Morgan fingerprint density at radius 3 is 2.50 bits per heavy atom. The molecule has 1 aliphatic heterocycles. The number of rotatable bonds is 2. The van der Waals surface area contributed by atoms with Crippen LogP contribution < -0.4 is 0 Å². The average Bonchev–Trinajstić information content (AvgIpc) is 2.01. The monoisotopic (exact) mass is 197 g/mol. The Morgan fingerprint density at radius 2 is 2.00 bits per heavy atom. The number of nitrogens with zero attached hydrogens (tertiary/aromatic N) is 1. The van der Waals surface area contributed by atoms with Gasteiger partial charge in [-0.2, -0.15) is 0 Å². The maximum atomic E-state index is 6.02. The Hall–Kier alpha value is -0.500. The zero-order valence-electron chi connectivity index (χ0n) is 9.97. The second-order valence-corrected chi connectivity index (χ2v) is 5.11. The van der Waals surface area contributed by atoms with E-state index in [1.54, 1.807) is 0 Å². The summed E-state index contributed by atoms with van der Waals surface area (Å²) >= 11 is 0. The van der Waals surface area contributed by atoms with E-state index in [1.807, 2.05) is 0 Å². The van der Waals surface area contributed by atoms with Crippen molar-refractivity contribution in [2.45, 2.75) is 58.8 Å². The summed E-state index contributed by atoms with van der Waals surface area (Å²) < 4.78 is 6.02. The molecule has 0 bridgehead atoms. The summed E-state index contributed by atoms with van der Waals surface area (Å²) in [4.78, 5) is 2.29. The van der Waals surface area contributed by atoms with E-state index < -0.39 is 0 Å². The van der Waals surface area contributed by atoms with E-state index in [2.05, 4.69) is 39.2 Å². The SMILES string of the molecule is C=C(C)N1CCCCC1OC(C)(C)C. The summed E-state index contributed by atoms with van der Waals surface area (Å²) in [6.07, 6.45) is 3.90. The van der Waals surface area contributed by atoms with Crippen molar-refractivity contribution in [3.05, 3.63) is 12.3 Å². The van der Waals surface area contributed by atoms with Gasteiger partial charge in [0.05, 0.1) is 5.60 Å². The lowest BCUT2D eigenvalue weighted by Crippen LogP contribution is -2.43. The molecule has 1 unspecified atom stereocenters. The standard InChI is InChI=1S/C12H23NO/c1-10(2)13-9-7-6-8-11(13)14-12(3,4)5/h11H,1,6-9H2,2-5H3. The quantitative estimate of drug-likeness (QED) is 0.674. The molecule has 14 heavy (non-hydrogen) atoms. The highest BCUT2D eigenvalue weighted by Gasteiger charge is 2.26. The van der Waals surface area contributed by atoms with Crippen LogP contribution in [0.3, 0.4) is 0 Å². The molecule has 0 radical (unpaired) electrons. The summed E-state index contributed by atoms with van der Waals surface area (Å²) in [6, 6.07) is 0. The van der Waals surface area contributed by atoms with Gasteiger partial charge >= 0.3 is 0 Å². The zero-order chi connectivity index (χ0) is 10.8. The molecule has 1 saturated heterocycles. The van der Waals surface area contributed by atoms with Crippen molar-refractivity contribution in [2.75, 3.05) is 6.54 Å². The predicted molar refractivity (Wildman–Crippen MR) is 60.0 cm³/mol. The lowest BCUT2D eigenvalue weighted by molar-refractivity contribution is -0.135. The summed E-state index contributed by atoms with van der Waals surface area (Å²) in [5, 5.41) is 0. The molecular formula is C12H23NO. The number of likely N-dealkylation sites (tertiary alicyclic amines) is 1. The fourth-order valence-corrected chi connectivity index (χ4v) is 1.87. The molecule has 0 aliphatic carbocycles. The minimum Gasteiger partial charge on any atom is -0.353 e. The third-order valence-corrected chi connectivity index (χ3v) is 2.43. The molecular weight excluding hydrogens is 174 g/mol. The van der Waals surface area contributed by atoms with Crippen LogP contribution in [-0.4, -0.2) is 23.3 Å². The minimum atomic E-state index is -0.0598. The number of hydrogen-bond acceptors (Lipinski definition) is 2. The van der Waals surface area contributed by atoms with Crippen LogP contribution in [0.15, 0.2) is 12.3 Å². The van der Waals surface area contributed by atoms with Crippen molar-refractivity contribution >= 4 is 0 Å². The Kier molecular flexibility index (Phi) is 3.59. The third kappa shape index (κ3) is 3.33. The van der Waals surface area contributed by atoms with Gasteiger partial charge in [0.2, 0.25) is 0 Å². The second-order valence-electron chi connectivity index (χ2n) is 5.11. The molecule has 0 spiro atoms. The molecule has 82 valence electrons. The maximum Gasteiger partial charge on any atom is 0.130 e. The smallest absolute Gasteiger partial charge is 0.130 e. The molecule has 1 atom stereocenters. The predicted octanol–water partition coefficient (Wildman–Crippen LogP) is 3.15. The van der Waals surface area contributed by atoms with Gasteiger partial charge in [0, 0.05) is 12.2 Å². The molecule has 1 rings (SSSR count). The molecule has 0 N–H and O–H groups in total. The summed E-state index contributed by atoms with van der Waals surface area (Å²) in [5.74, 6) is 0. The molecule has 0 aromatic rings.